The van der Waals surface area contributed by atoms with Gasteiger partial charge in [-0.2, -0.15) is 13.2 Å². The molecule has 1 unspecified atom stereocenters. The van der Waals surface area contributed by atoms with Crippen molar-refractivity contribution in [3.63, 3.8) is 0 Å². The SMILES string of the molecule is CC(NCc1nc2c(n1C)CCCC2)c1ccc(-c2cncnc2)cc1.O=C(O)C(F)(F)F. The summed E-state index contributed by atoms with van der Waals surface area (Å²) in [4.78, 5) is 21.9. The summed E-state index contributed by atoms with van der Waals surface area (Å²) >= 11 is 0. The van der Waals surface area contributed by atoms with Crippen LogP contribution in [0.15, 0.2) is 43.0 Å². The first-order valence-corrected chi connectivity index (χ1v) is 10.6. The van der Waals surface area contributed by atoms with Crippen LogP contribution in [0.2, 0.25) is 0 Å². The maximum absolute atomic E-state index is 10.6. The summed E-state index contributed by atoms with van der Waals surface area (Å²) in [6, 6.07) is 8.87. The molecular weight excluding hydrogens is 435 g/mol. The van der Waals surface area contributed by atoms with Crippen molar-refractivity contribution in [3.05, 3.63) is 65.8 Å². The molecule has 1 aliphatic rings. The van der Waals surface area contributed by atoms with Crippen molar-refractivity contribution in [1.29, 1.82) is 0 Å². The van der Waals surface area contributed by atoms with Crippen LogP contribution < -0.4 is 5.32 Å². The number of alkyl halides is 3. The van der Waals surface area contributed by atoms with Crippen molar-refractivity contribution in [1.82, 2.24) is 24.8 Å². The standard InChI is InChI=1S/C21H25N5.C2HF3O2/c1-15(16-7-9-17(10-8-16)18-11-22-14-23-12-18)24-13-21-25-19-5-3-4-6-20(19)26(21)2;3-2(4,5)1(6)7/h7-12,14-15,24H,3-6,13H2,1-2H3;(H,6,7). The third kappa shape index (κ3) is 6.38. The highest BCUT2D eigenvalue weighted by molar-refractivity contribution is 5.73. The van der Waals surface area contributed by atoms with Crippen LogP contribution in [0.5, 0.6) is 0 Å². The number of carboxylic acids is 1. The number of aromatic nitrogens is 4. The fourth-order valence-electron chi connectivity index (χ4n) is 3.67. The number of hydrogen-bond acceptors (Lipinski definition) is 5. The Morgan fingerprint density at radius 1 is 1.12 bits per heavy atom. The third-order valence-corrected chi connectivity index (χ3v) is 5.58. The number of carbonyl (C=O) groups is 1. The summed E-state index contributed by atoms with van der Waals surface area (Å²) < 4.78 is 34.0. The van der Waals surface area contributed by atoms with Gasteiger partial charge in [-0.3, -0.25) is 0 Å². The van der Waals surface area contributed by atoms with E-state index in [0.29, 0.717) is 0 Å². The Labute approximate surface area is 189 Å². The third-order valence-electron chi connectivity index (χ3n) is 5.58. The molecule has 0 spiro atoms. The van der Waals surface area contributed by atoms with E-state index in [1.807, 2.05) is 12.4 Å². The predicted molar refractivity (Wildman–Crippen MR) is 116 cm³/mol. The number of rotatable bonds is 5. The van der Waals surface area contributed by atoms with Crippen LogP contribution in [0.4, 0.5) is 13.2 Å². The zero-order valence-corrected chi connectivity index (χ0v) is 18.4. The fourth-order valence-corrected chi connectivity index (χ4v) is 3.67. The number of hydrogen-bond donors (Lipinski definition) is 2. The number of carboxylic acid groups (broad SMARTS) is 1. The van der Waals surface area contributed by atoms with Gasteiger partial charge in [0, 0.05) is 36.7 Å². The minimum atomic E-state index is -5.08. The Bertz CT molecular complexity index is 1070. The van der Waals surface area contributed by atoms with Crippen molar-refractivity contribution in [2.75, 3.05) is 0 Å². The molecular formula is C23H26F3N5O2. The highest BCUT2D eigenvalue weighted by Gasteiger charge is 2.38. The van der Waals surface area contributed by atoms with E-state index in [-0.39, 0.29) is 6.04 Å². The van der Waals surface area contributed by atoms with E-state index in [1.165, 1.54) is 36.2 Å². The highest BCUT2D eigenvalue weighted by Crippen LogP contribution is 2.23. The van der Waals surface area contributed by atoms with Crippen LogP contribution in [-0.2, 0) is 31.2 Å². The number of benzene rings is 1. The molecule has 10 heteroatoms. The van der Waals surface area contributed by atoms with Crippen LogP contribution >= 0.6 is 0 Å². The summed E-state index contributed by atoms with van der Waals surface area (Å²) in [7, 11) is 2.15. The first kappa shape index (κ1) is 24.4. The largest absolute Gasteiger partial charge is 0.490 e. The second-order valence-corrected chi connectivity index (χ2v) is 7.84. The van der Waals surface area contributed by atoms with E-state index >= 15 is 0 Å². The van der Waals surface area contributed by atoms with Crippen LogP contribution in [0.3, 0.4) is 0 Å². The number of nitrogens with zero attached hydrogens (tertiary/aromatic N) is 4. The molecule has 3 aromatic rings. The van der Waals surface area contributed by atoms with Gasteiger partial charge in [0.05, 0.1) is 12.2 Å². The fraction of sp³-hybridized carbons (Fsp3) is 0.391. The zero-order chi connectivity index (χ0) is 24.0. The topological polar surface area (TPSA) is 92.9 Å². The minimum absolute atomic E-state index is 0.268. The first-order valence-electron chi connectivity index (χ1n) is 10.6. The van der Waals surface area contributed by atoms with E-state index in [0.717, 1.165) is 29.9 Å². The van der Waals surface area contributed by atoms with Crippen molar-refractivity contribution >= 4 is 5.97 Å². The monoisotopic (exact) mass is 461 g/mol. The van der Waals surface area contributed by atoms with Crippen LogP contribution in [-0.4, -0.2) is 36.8 Å². The molecule has 0 aliphatic heterocycles. The van der Waals surface area contributed by atoms with Crippen molar-refractivity contribution in [2.24, 2.45) is 7.05 Å². The van der Waals surface area contributed by atoms with E-state index in [4.69, 9.17) is 14.9 Å². The lowest BCUT2D eigenvalue weighted by atomic mass is 10.0. The molecule has 0 saturated carbocycles. The molecule has 2 aromatic heterocycles. The summed E-state index contributed by atoms with van der Waals surface area (Å²) in [6.45, 7) is 2.99. The average Bonchev–Trinajstić information content (AvgIpc) is 3.13. The van der Waals surface area contributed by atoms with E-state index in [1.54, 1.807) is 6.33 Å². The van der Waals surface area contributed by atoms with Gasteiger partial charge < -0.3 is 15.0 Å². The average molecular weight is 461 g/mol. The normalized spacial score (nSPS) is 14.1. The lowest BCUT2D eigenvalue weighted by Crippen LogP contribution is -2.21. The molecule has 176 valence electrons. The summed E-state index contributed by atoms with van der Waals surface area (Å²) in [5.74, 6) is -1.62. The van der Waals surface area contributed by atoms with Crippen molar-refractivity contribution in [3.8, 4) is 11.1 Å². The molecule has 0 fully saturated rings. The number of aliphatic carboxylic acids is 1. The van der Waals surface area contributed by atoms with Crippen LogP contribution in [0, 0.1) is 0 Å². The van der Waals surface area contributed by atoms with E-state index in [9.17, 15) is 13.2 Å². The second kappa shape index (κ2) is 10.6. The lowest BCUT2D eigenvalue weighted by Gasteiger charge is -2.15. The molecule has 7 nitrogen and oxygen atoms in total. The minimum Gasteiger partial charge on any atom is -0.475 e. The summed E-state index contributed by atoms with van der Waals surface area (Å²) in [5.41, 5.74) is 6.17. The van der Waals surface area contributed by atoms with E-state index in [2.05, 4.69) is 58.1 Å². The summed E-state index contributed by atoms with van der Waals surface area (Å²) in [5, 5.41) is 10.7. The van der Waals surface area contributed by atoms with Gasteiger partial charge >= 0.3 is 12.1 Å². The molecule has 0 radical (unpaired) electrons. The number of nitrogens with one attached hydrogen (secondary N) is 1. The van der Waals surface area contributed by atoms with Gasteiger partial charge in [-0.1, -0.05) is 24.3 Å². The molecule has 0 saturated heterocycles. The quantitative estimate of drug-likeness (QED) is 0.591. The Hall–Kier alpha value is -3.27. The summed E-state index contributed by atoms with van der Waals surface area (Å²) in [6.07, 6.45) is 5.00. The van der Waals surface area contributed by atoms with Gasteiger partial charge in [0.1, 0.15) is 12.2 Å². The maximum atomic E-state index is 10.6. The van der Waals surface area contributed by atoms with Crippen molar-refractivity contribution < 1.29 is 23.1 Å². The lowest BCUT2D eigenvalue weighted by molar-refractivity contribution is -0.192. The molecule has 1 atom stereocenters. The molecule has 1 aromatic carbocycles. The van der Waals surface area contributed by atoms with Gasteiger partial charge in [-0.15, -0.1) is 0 Å². The second-order valence-electron chi connectivity index (χ2n) is 7.84. The van der Waals surface area contributed by atoms with Crippen molar-refractivity contribution in [2.45, 2.75) is 51.4 Å². The Balaban J connectivity index is 0.000000383. The first-order chi connectivity index (χ1) is 15.7. The van der Waals surface area contributed by atoms with E-state index < -0.39 is 12.1 Å². The van der Waals surface area contributed by atoms with Gasteiger partial charge in [-0.05, 0) is 43.7 Å². The molecule has 2 heterocycles. The molecule has 0 bridgehead atoms. The van der Waals surface area contributed by atoms with Gasteiger partial charge in [0.2, 0.25) is 0 Å². The molecule has 4 rings (SSSR count). The predicted octanol–water partition coefficient (Wildman–Crippen LogP) is 4.24. The smallest absolute Gasteiger partial charge is 0.475 e. The van der Waals surface area contributed by atoms with Crippen LogP contribution in [0.1, 0.15) is 48.6 Å². The van der Waals surface area contributed by atoms with Gasteiger partial charge in [0.15, 0.2) is 0 Å². The number of aryl methyl sites for hydroxylation is 1. The molecule has 2 N–H and O–H groups in total. The number of halogens is 3. The Kier molecular flexibility index (Phi) is 7.80. The van der Waals surface area contributed by atoms with Gasteiger partial charge in [0.25, 0.3) is 0 Å². The maximum Gasteiger partial charge on any atom is 0.490 e. The zero-order valence-electron chi connectivity index (χ0n) is 18.4. The molecule has 0 amide bonds. The highest BCUT2D eigenvalue weighted by atomic mass is 19.4. The number of imidazole rings is 1. The molecule has 33 heavy (non-hydrogen) atoms. The van der Waals surface area contributed by atoms with Crippen LogP contribution in [0.25, 0.3) is 11.1 Å². The number of fused-ring (bicyclic) bond motifs is 1. The van der Waals surface area contributed by atoms with Gasteiger partial charge in [-0.25, -0.2) is 19.7 Å². The Morgan fingerprint density at radius 2 is 1.73 bits per heavy atom. The molecule has 1 aliphatic carbocycles. The Morgan fingerprint density at radius 3 is 2.30 bits per heavy atom.